The van der Waals surface area contributed by atoms with Gasteiger partial charge in [-0.15, -0.1) is 21.9 Å². The lowest BCUT2D eigenvalue weighted by atomic mass is 9.12. The lowest BCUT2D eigenvalue weighted by Gasteiger charge is -2.44. The largest absolute Gasteiger partial charge is 0.363 e. The Morgan fingerprint density at radius 3 is 0.872 bits per heavy atom. The standard InChI is InChI=1S/C29H28NO2S.C24BF20/c1-33(32,28-15-9-4-10-16-28)23-29(31)26-17-19-27(20-18-26)30(21-24-11-5-2-6-12-24)22-25-13-7-3-8-14-25;26-5-1(6(27)14(35)21(42)13(5)34)25(2-7(28)15(36)22(43)16(37)8(2)29,3-9(30)17(38)23(44)18(39)10(3)31)4-11(32)19(40)24(45)20(41)12(4)33/h2-20H,21-23H2,1H3;/q+1;-1. The molecule has 3 nitrogen and oxygen atoms in total. The summed E-state index contributed by atoms with van der Waals surface area (Å²) in [6.07, 6.45) is -5.55. The summed E-state index contributed by atoms with van der Waals surface area (Å²) in [5.41, 5.74) is -10.3. The molecule has 8 aromatic rings. The van der Waals surface area contributed by atoms with E-state index in [0.717, 1.165) is 18.8 Å². The molecule has 0 fully saturated rings. The van der Waals surface area contributed by atoms with Gasteiger partial charge >= 0.3 is 0 Å². The van der Waals surface area contributed by atoms with Crippen molar-refractivity contribution >= 4 is 49.4 Å². The van der Waals surface area contributed by atoms with E-state index >= 15 is 35.1 Å². The molecule has 0 aromatic heterocycles. The van der Waals surface area contributed by atoms with E-state index in [4.69, 9.17) is 0 Å². The van der Waals surface area contributed by atoms with Gasteiger partial charge in [0.15, 0.2) is 80.5 Å². The van der Waals surface area contributed by atoms with Gasteiger partial charge in [0.25, 0.3) is 0 Å². The van der Waals surface area contributed by atoms with E-state index in [0.29, 0.717) is 10.5 Å². The van der Waals surface area contributed by atoms with Crippen LogP contribution in [0.2, 0.25) is 0 Å². The summed E-state index contributed by atoms with van der Waals surface area (Å²) >= 11 is 0. The van der Waals surface area contributed by atoms with Crippen LogP contribution in [0.1, 0.15) is 21.5 Å². The van der Waals surface area contributed by atoms with Crippen molar-refractivity contribution in [3.63, 3.8) is 0 Å². The molecule has 1 atom stereocenters. The van der Waals surface area contributed by atoms with Crippen LogP contribution in [0, 0.1) is 116 Å². The number of hydrogen-bond donors (Lipinski definition) is 0. The molecule has 0 saturated carbocycles. The van der Waals surface area contributed by atoms with Crippen molar-refractivity contribution in [3.8, 4) is 0 Å². The Kier molecular flexibility index (Phi) is 16.7. The SMILES string of the molecule is C[S+](=O)(CC(=O)c1ccc(N(Cc2ccccc2)Cc2ccccc2)cc1)c1ccccc1.Fc1c(F)c(F)c([B-](c2c(F)c(F)c(F)c(F)c2F)(c2c(F)c(F)c(F)c(F)c2F)c2c(F)c(F)c(F)c(F)c2F)c(F)c1F. The van der Waals surface area contributed by atoms with Gasteiger partial charge in [0, 0.05) is 24.3 Å². The average molecular weight is 1130 g/mol. The number of carbonyl (C=O) groups is 1. The minimum absolute atomic E-state index is 0.00804. The molecule has 1 unspecified atom stereocenters. The summed E-state index contributed by atoms with van der Waals surface area (Å²) in [7, 11) is -2.43. The summed E-state index contributed by atoms with van der Waals surface area (Å²) in [4.78, 5) is 15.9. The monoisotopic (exact) mass is 1130 g/mol. The molecule has 0 aliphatic carbocycles. The van der Waals surface area contributed by atoms with Crippen LogP contribution in [0.15, 0.2) is 120 Å². The number of rotatable bonds is 13. The van der Waals surface area contributed by atoms with E-state index in [1.54, 1.807) is 6.26 Å². The topological polar surface area (TPSA) is 37.4 Å². The van der Waals surface area contributed by atoms with Gasteiger partial charge in [0.1, 0.15) is 68.9 Å². The normalized spacial score (nSPS) is 12.3. The van der Waals surface area contributed by atoms with E-state index < -0.39 is 154 Å². The molecule has 0 radical (unpaired) electrons. The van der Waals surface area contributed by atoms with Crippen LogP contribution in [-0.2, 0) is 27.2 Å². The third-order valence-electron chi connectivity index (χ3n) is 12.3. The molecule has 0 amide bonds. The van der Waals surface area contributed by atoms with Crippen molar-refractivity contribution in [3.05, 3.63) is 248 Å². The number of Topliss-reactive ketones (excluding diaryl/α,β-unsaturated/α-hetero) is 1. The molecule has 0 aliphatic rings. The maximum absolute atomic E-state index is 15.4. The van der Waals surface area contributed by atoms with Gasteiger partial charge in [0.2, 0.25) is 5.78 Å². The quantitative estimate of drug-likeness (QED) is 0.0288. The molecule has 8 rings (SSSR count). The maximum atomic E-state index is 15.4. The first-order valence-electron chi connectivity index (χ1n) is 21.9. The van der Waals surface area contributed by atoms with E-state index in [9.17, 15) is 61.7 Å². The Balaban J connectivity index is 0.000000237. The lowest BCUT2D eigenvalue weighted by molar-refractivity contribution is 0.102. The molecule has 0 bridgehead atoms. The summed E-state index contributed by atoms with van der Waals surface area (Å²) < 4.78 is 307. The number of carbonyl (C=O) groups excluding carboxylic acids is 1. The second-order valence-electron chi connectivity index (χ2n) is 17.1. The Morgan fingerprint density at radius 2 is 0.603 bits per heavy atom. The van der Waals surface area contributed by atoms with Crippen LogP contribution in [0.4, 0.5) is 93.5 Å². The molecule has 406 valence electrons. The van der Waals surface area contributed by atoms with Crippen LogP contribution >= 0.6 is 0 Å². The number of anilines is 1. The predicted molar refractivity (Wildman–Crippen MR) is 246 cm³/mol. The number of nitrogens with zero attached hydrogens (tertiary/aromatic N) is 1. The average Bonchev–Trinajstić information content (AvgIpc) is 2.65. The fourth-order valence-corrected chi connectivity index (χ4v) is 10.3. The minimum atomic E-state index is -7.22. The molecule has 0 heterocycles. The van der Waals surface area contributed by atoms with E-state index in [2.05, 4.69) is 29.2 Å². The van der Waals surface area contributed by atoms with E-state index in [1.807, 2.05) is 91.0 Å². The first-order chi connectivity index (χ1) is 36.7. The Morgan fingerprint density at radius 1 is 0.359 bits per heavy atom. The summed E-state index contributed by atoms with van der Waals surface area (Å²) in [6, 6.07) is 37.6. The van der Waals surface area contributed by atoms with Gasteiger partial charge in [-0.25, -0.2) is 87.8 Å². The van der Waals surface area contributed by atoms with Crippen LogP contribution in [0.25, 0.3) is 0 Å². The number of ketones is 1. The smallest absolute Gasteiger partial charge is 0.212 e. The number of halogens is 20. The Hall–Kier alpha value is -7.96. The van der Waals surface area contributed by atoms with Gasteiger partial charge < -0.3 is 4.90 Å². The Labute approximate surface area is 428 Å². The van der Waals surface area contributed by atoms with Gasteiger partial charge in [0.05, 0.1) is 0 Å². The molecule has 0 aliphatic heterocycles. The van der Waals surface area contributed by atoms with Gasteiger partial charge in [-0.3, -0.25) is 4.79 Å². The van der Waals surface area contributed by atoms with Gasteiger partial charge in [-0.1, -0.05) is 83.1 Å². The highest BCUT2D eigenvalue weighted by Crippen LogP contribution is 2.31. The van der Waals surface area contributed by atoms with E-state index in [-0.39, 0.29) is 11.5 Å². The second kappa shape index (κ2) is 22.6. The number of hydrogen-bond acceptors (Lipinski definition) is 3. The predicted octanol–water partition coefficient (Wildman–Crippen LogP) is 12.1. The van der Waals surface area contributed by atoms with Crippen LogP contribution < -0.4 is 26.8 Å². The van der Waals surface area contributed by atoms with Crippen LogP contribution in [0.5, 0.6) is 0 Å². The highest BCUT2D eigenvalue weighted by atomic mass is 32.2. The van der Waals surface area contributed by atoms with Crippen molar-refractivity contribution in [2.24, 2.45) is 0 Å². The third kappa shape index (κ3) is 10.2. The fraction of sp³-hybridized carbons (Fsp3) is 0.0755. The maximum Gasteiger partial charge on any atom is 0.212 e. The molecule has 0 spiro atoms. The van der Waals surface area contributed by atoms with Gasteiger partial charge in [-0.2, -0.15) is 0 Å². The molecular weight excluding hydrogens is 1110 g/mol. The minimum Gasteiger partial charge on any atom is -0.363 e. The van der Waals surface area contributed by atoms with Crippen LogP contribution in [0.3, 0.4) is 0 Å². The number of benzene rings is 8. The van der Waals surface area contributed by atoms with Crippen molar-refractivity contribution in [2.75, 3.05) is 16.9 Å². The van der Waals surface area contributed by atoms with Gasteiger partial charge in [-0.05, 0) is 47.5 Å². The third-order valence-corrected chi connectivity index (χ3v) is 14.4. The van der Waals surface area contributed by atoms with E-state index in [1.165, 1.54) is 11.1 Å². The lowest BCUT2D eigenvalue weighted by Crippen LogP contribution is -2.81. The molecule has 8 aromatic carbocycles. The zero-order valence-corrected chi connectivity index (χ0v) is 39.7. The molecule has 25 heteroatoms. The first-order valence-corrected chi connectivity index (χ1v) is 24.1. The molecule has 0 N–H and O–H groups in total. The summed E-state index contributed by atoms with van der Waals surface area (Å²) in [5.74, 6) is -71.5. The van der Waals surface area contributed by atoms with Crippen molar-refractivity contribution in [1.82, 2.24) is 0 Å². The zero-order valence-electron chi connectivity index (χ0n) is 38.9. The van der Waals surface area contributed by atoms with Crippen molar-refractivity contribution in [2.45, 2.75) is 18.0 Å². The Bertz CT molecular complexity index is 3250. The highest BCUT2D eigenvalue weighted by molar-refractivity contribution is 8.03. The summed E-state index contributed by atoms with van der Waals surface area (Å²) in [5, 5.41) is 0. The summed E-state index contributed by atoms with van der Waals surface area (Å²) in [6.45, 7) is 1.53. The molecule has 78 heavy (non-hydrogen) atoms. The first kappa shape index (κ1) is 57.7. The molecule has 0 saturated heterocycles. The van der Waals surface area contributed by atoms with Crippen LogP contribution in [-0.4, -0.2) is 23.9 Å². The van der Waals surface area contributed by atoms with Crippen molar-refractivity contribution in [1.29, 1.82) is 0 Å². The fourth-order valence-electron chi connectivity index (χ4n) is 8.70. The highest BCUT2D eigenvalue weighted by Gasteiger charge is 2.52. The second-order valence-corrected chi connectivity index (χ2v) is 19.8. The zero-order chi connectivity index (χ0) is 57.5. The van der Waals surface area contributed by atoms with Crippen molar-refractivity contribution < 1.29 is 96.8 Å². The molecular formula is C53H28BF20NO2S.